The second kappa shape index (κ2) is 6.89. The molecular formula is C14H22N4O2S. The van der Waals surface area contributed by atoms with E-state index < -0.39 is 0 Å². The maximum absolute atomic E-state index is 11.8. The number of hydrogen-bond donors (Lipinski definition) is 1. The molecule has 1 N–H and O–H groups in total. The Hall–Kier alpha value is -1.63. The van der Waals surface area contributed by atoms with Crippen molar-refractivity contribution in [2.24, 2.45) is 16.8 Å². The summed E-state index contributed by atoms with van der Waals surface area (Å²) in [5, 5.41) is 3.35. The van der Waals surface area contributed by atoms with Crippen molar-refractivity contribution in [1.82, 2.24) is 15.2 Å². The Kier molecular flexibility index (Phi) is 5.17. The Bertz CT molecular complexity index is 529. The number of aliphatic imine (C=N–C) groups is 1. The maximum Gasteiger partial charge on any atom is 0.310 e. The molecule has 2 heterocycles. The number of carbonyl (C=O) groups excluding carboxylic acids is 1. The van der Waals surface area contributed by atoms with E-state index >= 15 is 0 Å². The molecule has 0 saturated carbocycles. The molecule has 0 aliphatic carbocycles. The summed E-state index contributed by atoms with van der Waals surface area (Å²) in [5.74, 6) is 0.861. The Morgan fingerprint density at radius 1 is 1.62 bits per heavy atom. The van der Waals surface area contributed by atoms with E-state index in [1.54, 1.807) is 18.4 Å². The third-order valence-corrected chi connectivity index (χ3v) is 4.81. The number of methoxy groups -OCH3 is 1. The second-order valence-electron chi connectivity index (χ2n) is 5.27. The Morgan fingerprint density at radius 2 is 2.38 bits per heavy atom. The summed E-state index contributed by atoms with van der Waals surface area (Å²) in [7, 11) is 3.20. The van der Waals surface area contributed by atoms with Crippen molar-refractivity contribution >= 4 is 23.3 Å². The van der Waals surface area contributed by atoms with Gasteiger partial charge in [-0.1, -0.05) is 6.92 Å². The lowest BCUT2D eigenvalue weighted by atomic mass is 9.99. The van der Waals surface area contributed by atoms with Gasteiger partial charge in [0, 0.05) is 25.0 Å². The van der Waals surface area contributed by atoms with E-state index in [0.29, 0.717) is 13.1 Å². The summed E-state index contributed by atoms with van der Waals surface area (Å²) >= 11 is 1.63. The first-order valence-electron chi connectivity index (χ1n) is 6.99. The fourth-order valence-corrected chi connectivity index (χ4v) is 3.30. The highest BCUT2D eigenvalue weighted by molar-refractivity contribution is 7.09. The van der Waals surface area contributed by atoms with Gasteiger partial charge in [-0.25, -0.2) is 4.98 Å². The monoisotopic (exact) mass is 310 g/mol. The van der Waals surface area contributed by atoms with E-state index in [0.717, 1.165) is 18.2 Å². The van der Waals surface area contributed by atoms with Crippen LogP contribution in [0, 0.1) is 18.8 Å². The average Bonchev–Trinajstić information content (AvgIpc) is 3.05. The van der Waals surface area contributed by atoms with Crippen molar-refractivity contribution < 1.29 is 9.53 Å². The van der Waals surface area contributed by atoms with Crippen molar-refractivity contribution in [1.29, 1.82) is 0 Å². The number of likely N-dealkylation sites (tertiary alicyclic amines) is 1. The normalized spacial score (nSPS) is 22.5. The lowest BCUT2D eigenvalue weighted by Crippen LogP contribution is -2.40. The number of aryl methyl sites for hydroxylation is 1. The summed E-state index contributed by atoms with van der Waals surface area (Å²) in [5.41, 5.74) is 2.89. The van der Waals surface area contributed by atoms with Crippen molar-refractivity contribution in [3.8, 4) is 0 Å². The zero-order chi connectivity index (χ0) is 15.4. The first kappa shape index (κ1) is 15.8. The molecule has 1 aliphatic rings. The van der Waals surface area contributed by atoms with Crippen LogP contribution in [0.3, 0.4) is 0 Å². The van der Waals surface area contributed by atoms with E-state index in [1.165, 1.54) is 12.0 Å². The average molecular weight is 310 g/mol. The number of ether oxygens (including phenoxy) is 1. The number of nitrogens with zero attached hydrogens (tertiary/aromatic N) is 3. The van der Waals surface area contributed by atoms with Crippen molar-refractivity contribution in [2.75, 3.05) is 27.2 Å². The van der Waals surface area contributed by atoms with E-state index in [1.807, 2.05) is 12.4 Å². The van der Waals surface area contributed by atoms with Gasteiger partial charge in [-0.05, 0) is 12.8 Å². The van der Waals surface area contributed by atoms with E-state index in [9.17, 15) is 4.79 Å². The number of guanidine groups is 1. The maximum atomic E-state index is 11.8. The third kappa shape index (κ3) is 3.53. The molecule has 1 aromatic rings. The molecule has 2 rings (SSSR count). The molecule has 0 radical (unpaired) electrons. The van der Waals surface area contributed by atoms with Crippen LogP contribution in [0.25, 0.3) is 0 Å². The number of rotatable bonds is 3. The van der Waals surface area contributed by atoms with Gasteiger partial charge < -0.3 is 15.0 Å². The molecule has 1 aliphatic heterocycles. The molecule has 6 nitrogen and oxygen atoms in total. The highest BCUT2D eigenvalue weighted by Crippen LogP contribution is 2.24. The fraction of sp³-hybridized carbons (Fsp3) is 0.643. The third-order valence-electron chi connectivity index (χ3n) is 3.88. The molecule has 0 spiro atoms. The molecule has 1 saturated heterocycles. The lowest BCUT2D eigenvalue weighted by Gasteiger charge is -2.21. The smallest absolute Gasteiger partial charge is 0.310 e. The van der Waals surface area contributed by atoms with Gasteiger partial charge in [0.2, 0.25) is 0 Å². The van der Waals surface area contributed by atoms with Crippen LogP contribution in [0.4, 0.5) is 0 Å². The summed E-state index contributed by atoms with van der Waals surface area (Å²) in [6, 6.07) is 0. The molecule has 2 atom stereocenters. The van der Waals surface area contributed by atoms with Gasteiger partial charge in [0.1, 0.15) is 0 Å². The standard InChI is InChI=1S/C14H22N4O2S/c1-9-6-18(7-11(9)13(19)20-4)14(15-3)16-5-12-10(2)17-8-21-12/h8-9,11H,5-7H2,1-4H3,(H,15,16). The molecule has 7 heteroatoms. The van der Waals surface area contributed by atoms with Crippen molar-refractivity contribution in [3.05, 3.63) is 16.1 Å². The van der Waals surface area contributed by atoms with Crippen molar-refractivity contribution in [2.45, 2.75) is 20.4 Å². The number of nitrogens with one attached hydrogen (secondary N) is 1. The minimum Gasteiger partial charge on any atom is -0.469 e. The summed E-state index contributed by atoms with van der Waals surface area (Å²) in [6.07, 6.45) is 0. The Balaban J connectivity index is 1.96. The predicted octanol–water partition coefficient (Wildman–Crippen LogP) is 1.27. The number of carbonyl (C=O) groups is 1. The number of esters is 1. The molecule has 0 amide bonds. The molecule has 2 unspecified atom stereocenters. The second-order valence-corrected chi connectivity index (χ2v) is 6.21. The summed E-state index contributed by atoms with van der Waals surface area (Å²) in [6.45, 7) is 6.23. The lowest BCUT2D eigenvalue weighted by molar-refractivity contribution is -0.145. The van der Waals surface area contributed by atoms with Crippen LogP contribution >= 0.6 is 11.3 Å². The fourth-order valence-electron chi connectivity index (χ4n) is 2.59. The quantitative estimate of drug-likeness (QED) is 0.517. The molecule has 0 aromatic carbocycles. The molecule has 21 heavy (non-hydrogen) atoms. The van der Waals surface area contributed by atoms with Crippen LogP contribution in [0.15, 0.2) is 10.5 Å². The number of thiazole rings is 1. The van der Waals surface area contributed by atoms with Crippen LogP contribution in [-0.2, 0) is 16.1 Å². The van der Waals surface area contributed by atoms with Gasteiger partial charge in [-0.3, -0.25) is 9.79 Å². The van der Waals surface area contributed by atoms with Crippen LogP contribution in [0.2, 0.25) is 0 Å². The SMILES string of the molecule is CN=C(NCc1scnc1C)N1CC(C)C(C(=O)OC)C1. The molecular weight excluding hydrogens is 288 g/mol. The van der Waals surface area contributed by atoms with Gasteiger partial charge in [-0.2, -0.15) is 0 Å². The van der Waals surface area contributed by atoms with Gasteiger partial charge in [0.15, 0.2) is 5.96 Å². The largest absolute Gasteiger partial charge is 0.469 e. The van der Waals surface area contributed by atoms with Gasteiger partial charge in [-0.15, -0.1) is 11.3 Å². The zero-order valence-electron chi connectivity index (χ0n) is 12.9. The minimum absolute atomic E-state index is 0.0845. The topological polar surface area (TPSA) is 66.8 Å². The van der Waals surface area contributed by atoms with Gasteiger partial charge in [0.05, 0.1) is 30.8 Å². The van der Waals surface area contributed by atoms with E-state index in [4.69, 9.17) is 4.74 Å². The van der Waals surface area contributed by atoms with Gasteiger partial charge >= 0.3 is 5.97 Å². The highest BCUT2D eigenvalue weighted by atomic mass is 32.1. The number of aromatic nitrogens is 1. The first-order valence-corrected chi connectivity index (χ1v) is 7.87. The van der Waals surface area contributed by atoms with Crippen molar-refractivity contribution in [3.63, 3.8) is 0 Å². The number of hydrogen-bond acceptors (Lipinski definition) is 5. The van der Waals surface area contributed by atoms with Crippen LogP contribution < -0.4 is 5.32 Å². The highest BCUT2D eigenvalue weighted by Gasteiger charge is 2.36. The van der Waals surface area contributed by atoms with Crippen LogP contribution in [0.5, 0.6) is 0 Å². The minimum atomic E-state index is -0.140. The first-order chi connectivity index (χ1) is 10.1. The molecule has 116 valence electrons. The Morgan fingerprint density at radius 3 is 2.95 bits per heavy atom. The summed E-state index contributed by atoms with van der Waals surface area (Å²) < 4.78 is 4.87. The predicted molar refractivity (Wildman–Crippen MR) is 83.3 cm³/mol. The molecule has 1 aromatic heterocycles. The summed E-state index contributed by atoms with van der Waals surface area (Å²) in [4.78, 5) is 23.6. The van der Waals surface area contributed by atoms with Crippen LogP contribution in [-0.4, -0.2) is 49.1 Å². The molecule has 0 bridgehead atoms. The van der Waals surface area contributed by atoms with Gasteiger partial charge in [0.25, 0.3) is 0 Å². The van der Waals surface area contributed by atoms with Crippen LogP contribution in [0.1, 0.15) is 17.5 Å². The van der Waals surface area contributed by atoms with E-state index in [-0.39, 0.29) is 17.8 Å². The van der Waals surface area contributed by atoms with E-state index in [2.05, 4.69) is 27.1 Å². The Labute approximate surface area is 129 Å². The zero-order valence-corrected chi connectivity index (χ0v) is 13.7. The molecule has 1 fully saturated rings.